The molecule has 6 nitrogen and oxygen atoms in total. The van der Waals surface area contributed by atoms with Crippen LogP contribution in [0.3, 0.4) is 0 Å². The maximum atomic E-state index is 14.2. The molecule has 1 aliphatic rings. The van der Waals surface area contributed by atoms with Gasteiger partial charge in [-0.2, -0.15) is 0 Å². The Morgan fingerprint density at radius 1 is 1.07 bits per heavy atom. The molecule has 1 atom stereocenters. The number of benzene rings is 3. The van der Waals surface area contributed by atoms with Crippen molar-refractivity contribution in [1.82, 2.24) is 4.57 Å². The normalized spacial score (nSPS) is 14.7. The molecular formula is C33H23ClI2N2O4S2. The third-order valence-electron chi connectivity index (χ3n) is 6.84. The Morgan fingerprint density at radius 3 is 2.57 bits per heavy atom. The molecule has 5 aromatic rings. The Labute approximate surface area is 293 Å². The standard InChI is InChI=1S/C33H23ClI2N2O4S2/c1-2-41-32(40)27-28(19-9-4-3-5-10-19)37-33-38(29(27)25-13-8-14-43-25)31(39)26(44-33)16-21-15-22(35)17-24(36)30(21)42-18-20-11-6-7-12-23(20)34/h3-17,29H,2,18H2,1H3/b26-16-/t29-/m0/s1. The number of carbonyl (C=O) groups excluding carboxylic acids is 1. The smallest absolute Gasteiger partial charge is 0.338 e. The molecule has 3 aromatic carbocycles. The van der Waals surface area contributed by atoms with Crippen LogP contribution in [0, 0.1) is 7.14 Å². The third kappa shape index (κ3) is 6.32. The lowest BCUT2D eigenvalue weighted by Crippen LogP contribution is -2.39. The summed E-state index contributed by atoms with van der Waals surface area (Å²) < 4.78 is 15.8. The van der Waals surface area contributed by atoms with Crippen molar-refractivity contribution in [3.8, 4) is 5.75 Å². The molecule has 0 radical (unpaired) electrons. The number of hydrogen-bond acceptors (Lipinski definition) is 7. The highest BCUT2D eigenvalue weighted by atomic mass is 127. The van der Waals surface area contributed by atoms with Crippen LogP contribution in [0.5, 0.6) is 5.75 Å². The number of hydrogen-bond donors (Lipinski definition) is 0. The topological polar surface area (TPSA) is 69.9 Å². The number of aromatic nitrogens is 1. The van der Waals surface area contributed by atoms with Gasteiger partial charge in [0.1, 0.15) is 18.4 Å². The van der Waals surface area contributed by atoms with Crippen molar-refractivity contribution in [3.05, 3.63) is 143 Å². The van der Waals surface area contributed by atoms with Gasteiger partial charge in [0.15, 0.2) is 4.80 Å². The first-order valence-corrected chi connectivity index (χ1v) is 17.8. The van der Waals surface area contributed by atoms with Crippen LogP contribution in [0.15, 0.2) is 99.6 Å². The molecule has 0 amide bonds. The zero-order chi connectivity index (χ0) is 30.8. The number of ether oxygens (including phenoxy) is 2. The second-order valence-electron chi connectivity index (χ2n) is 9.63. The number of thiazole rings is 1. The molecule has 0 aliphatic carbocycles. The van der Waals surface area contributed by atoms with E-state index in [2.05, 4.69) is 45.2 Å². The number of esters is 1. The van der Waals surface area contributed by atoms with Gasteiger partial charge in [-0.15, -0.1) is 11.3 Å². The van der Waals surface area contributed by atoms with E-state index in [1.807, 2.05) is 90.3 Å². The minimum absolute atomic E-state index is 0.203. The lowest BCUT2D eigenvalue weighted by molar-refractivity contribution is -0.138. The van der Waals surface area contributed by atoms with Crippen LogP contribution in [0.4, 0.5) is 0 Å². The van der Waals surface area contributed by atoms with E-state index in [0.29, 0.717) is 31.4 Å². The minimum atomic E-state index is -0.686. The van der Waals surface area contributed by atoms with E-state index in [4.69, 9.17) is 26.1 Å². The quantitative estimate of drug-likeness (QED) is 0.120. The zero-order valence-corrected chi connectivity index (χ0v) is 29.8. The average molecular weight is 865 g/mol. The van der Waals surface area contributed by atoms with Crippen LogP contribution in [-0.4, -0.2) is 17.1 Å². The van der Waals surface area contributed by atoms with E-state index in [0.717, 1.165) is 28.7 Å². The number of nitrogens with zero attached hydrogens (tertiary/aromatic N) is 2. The molecule has 0 fully saturated rings. The van der Waals surface area contributed by atoms with E-state index in [-0.39, 0.29) is 18.8 Å². The van der Waals surface area contributed by atoms with Crippen molar-refractivity contribution in [3.63, 3.8) is 0 Å². The first-order chi connectivity index (χ1) is 21.4. The van der Waals surface area contributed by atoms with Gasteiger partial charge in [0.05, 0.1) is 26.0 Å². The summed E-state index contributed by atoms with van der Waals surface area (Å²) in [5, 5.41) is 2.56. The molecule has 0 unspecified atom stereocenters. The molecular weight excluding hydrogens is 842 g/mol. The van der Waals surface area contributed by atoms with Gasteiger partial charge < -0.3 is 9.47 Å². The van der Waals surface area contributed by atoms with E-state index in [9.17, 15) is 9.59 Å². The lowest BCUT2D eigenvalue weighted by Gasteiger charge is -2.24. The van der Waals surface area contributed by atoms with E-state index < -0.39 is 12.0 Å². The fraction of sp³-hybridized carbons (Fsp3) is 0.121. The summed E-state index contributed by atoms with van der Waals surface area (Å²) in [4.78, 5) is 34.1. The Hall–Kier alpha value is -2.78. The summed E-state index contributed by atoms with van der Waals surface area (Å²) in [7, 11) is 0. The van der Waals surface area contributed by atoms with Crippen LogP contribution in [0.2, 0.25) is 5.02 Å². The maximum Gasteiger partial charge on any atom is 0.338 e. The summed E-state index contributed by atoms with van der Waals surface area (Å²) in [6.07, 6.45) is 1.85. The number of rotatable bonds is 8. The largest absolute Gasteiger partial charge is 0.487 e. The van der Waals surface area contributed by atoms with Crippen molar-refractivity contribution in [1.29, 1.82) is 0 Å². The number of thiophene rings is 1. The van der Waals surface area contributed by atoms with Gasteiger partial charge in [0.25, 0.3) is 5.56 Å². The molecule has 0 saturated carbocycles. The van der Waals surface area contributed by atoms with E-state index >= 15 is 0 Å². The highest BCUT2D eigenvalue weighted by Crippen LogP contribution is 2.37. The predicted octanol–water partition coefficient (Wildman–Crippen LogP) is 7.44. The molecule has 1 aliphatic heterocycles. The van der Waals surface area contributed by atoms with Crippen LogP contribution in [0.1, 0.15) is 34.5 Å². The van der Waals surface area contributed by atoms with Crippen LogP contribution in [-0.2, 0) is 16.1 Å². The van der Waals surface area contributed by atoms with Crippen LogP contribution < -0.4 is 19.6 Å². The summed E-state index contributed by atoms with van der Waals surface area (Å²) in [6, 6.07) is 24.3. The van der Waals surface area contributed by atoms with Crippen LogP contribution in [0.25, 0.3) is 11.8 Å². The first-order valence-electron chi connectivity index (χ1n) is 13.5. The van der Waals surface area contributed by atoms with Gasteiger partial charge in [-0.25, -0.2) is 9.79 Å². The molecule has 3 heterocycles. The highest BCUT2D eigenvalue weighted by molar-refractivity contribution is 14.1. The molecule has 6 rings (SSSR count). The molecule has 0 bridgehead atoms. The number of fused-ring (bicyclic) bond motifs is 1. The predicted molar refractivity (Wildman–Crippen MR) is 193 cm³/mol. The van der Waals surface area contributed by atoms with Gasteiger partial charge in [-0.05, 0) is 87.8 Å². The molecule has 44 heavy (non-hydrogen) atoms. The van der Waals surface area contributed by atoms with Crippen molar-refractivity contribution in [2.75, 3.05) is 6.61 Å². The average Bonchev–Trinajstić information content (AvgIpc) is 3.65. The third-order valence-corrected chi connectivity index (χ3v) is 10.5. The van der Waals surface area contributed by atoms with Crippen molar-refractivity contribution >= 4 is 97.2 Å². The summed E-state index contributed by atoms with van der Waals surface area (Å²) in [5.41, 5.74) is 3.00. The molecule has 0 N–H and O–H groups in total. The first kappa shape index (κ1) is 31.2. The van der Waals surface area contributed by atoms with Crippen molar-refractivity contribution in [2.45, 2.75) is 19.6 Å². The van der Waals surface area contributed by atoms with Gasteiger partial charge >= 0.3 is 5.97 Å². The molecule has 0 spiro atoms. The lowest BCUT2D eigenvalue weighted by atomic mass is 9.97. The zero-order valence-electron chi connectivity index (χ0n) is 23.1. The minimum Gasteiger partial charge on any atom is -0.487 e. The highest BCUT2D eigenvalue weighted by Gasteiger charge is 2.35. The number of carbonyl (C=O) groups is 1. The fourth-order valence-corrected chi connectivity index (χ4v) is 8.95. The monoisotopic (exact) mass is 864 g/mol. The number of halogens is 3. The van der Waals surface area contributed by atoms with Crippen molar-refractivity contribution < 1.29 is 14.3 Å². The van der Waals surface area contributed by atoms with Crippen molar-refractivity contribution in [2.24, 2.45) is 4.99 Å². The second-order valence-corrected chi connectivity index (χ2v) is 14.4. The molecule has 0 saturated heterocycles. The van der Waals surface area contributed by atoms with Crippen LogP contribution >= 0.6 is 79.5 Å². The Balaban J connectivity index is 1.54. The molecule has 222 valence electrons. The molecule has 2 aromatic heterocycles. The van der Waals surface area contributed by atoms with E-state index in [1.54, 1.807) is 11.5 Å². The summed E-state index contributed by atoms with van der Waals surface area (Å²) in [5.74, 6) is 0.161. The van der Waals surface area contributed by atoms with Gasteiger partial charge in [-0.1, -0.05) is 77.5 Å². The summed E-state index contributed by atoms with van der Waals surface area (Å²) >= 11 is 13.7. The maximum absolute atomic E-state index is 14.2. The Kier molecular flexibility index (Phi) is 9.71. The Bertz CT molecular complexity index is 2070. The van der Waals surface area contributed by atoms with Gasteiger partial charge in [0.2, 0.25) is 0 Å². The van der Waals surface area contributed by atoms with Gasteiger partial charge in [0, 0.05) is 30.2 Å². The van der Waals surface area contributed by atoms with E-state index in [1.165, 1.54) is 22.7 Å². The fourth-order valence-electron chi connectivity index (χ4n) is 4.90. The second kappa shape index (κ2) is 13.7. The Morgan fingerprint density at radius 2 is 1.84 bits per heavy atom. The SMILES string of the molecule is CCOC(=O)C1=C(c2ccccc2)N=c2s/c(=C\c3cc(I)cc(I)c3OCc3ccccc3Cl)c(=O)n2[C@H]1c1cccs1. The van der Waals surface area contributed by atoms with Gasteiger partial charge in [-0.3, -0.25) is 9.36 Å². The summed E-state index contributed by atoms with van der Waals surface area (Å²) in [6.45, 7) is 2.25. The molecule has 11 heteroatoms.